The zero-order valence-electron chi connectivity index (χ0n) is 8.89. The molecule has 0 radical (unpaired) electrons. The lowest BCUT2D eigenvalue weighted by atomic mass is 10.1. The number of nitrogens with zero attached hydrogens (tertiary/aromatic N) is 1. The summed E-state index contributed by atoms with van der Waals surface area (Å²) in [7, 11) is 4.09. The fourth-order valence-electron chi connectivity index (χ4n) is 1.33. The van der Waals surface area contributed by atoms with Crippen LogP contribution in [-0.2, 0) is 0 Å². The molecule has 0 aliphatic carbocycles. The molecule has 0 bridgehead atoms. The maximum Gasteiger partial charge on any atom is 0.203 e. The normalized spacial score (nSPS) is 11.1. The van der Waals surface area contributed by atoms with E-state index in [-0.39, 0.29) is 5.43 Å². The first-order chi connectivity index (χ1) is 6.54. The molecule has 0 aliphatic rings. The van der Waals surface area contributed by atoms with Gasteiger partial charge in [-0.1, -0.05) is 12.2 Å². The lowest BCUT2D eigenvalue weighted by Gasteiger charge is -2.13. The topological polar surface area (TPSA) is 32.3 Å². The van der Waals surface area contributed by atoms with Crippen LogP contribution in [0.1, 0.15) is 12.0 Å². The number of nitrogens with one attached hydrogen (secondary N) is 1. The van der Waals surface area contributed by atoms with E-state index < -0.39 is 0 Å². The molecule has 1 N–H and O–H groups in total. The van der Waals surface area contributed by atoms with Crippen LogP contribution in [0.25, 0.3) is 0 Å². The molecular formula is C10H16N2OS. The molecule has 0 aliphatic heterocycles. The van der Waals surface area contributed by atoms with E-state index in [0.717, 1.165) is 30.8 Å². The second kappa shape index (κ2) is 4.66. The Labute approximate surface area is 89.4 Å². The van der Waals surface area contributed by atoms with Crippen molar-refractivity contribution in [2.24, 2.45) is 0 Å². The molecule has 0 atom stereocenters. The second-order valence-corrected chi connectivity index (χ2v) is 4.15. The molecule has 0 unspecified atom stereocenters. The number of hydrogen-bond donors (Lipinski definition) is 1. The van der Waals surface area contributed by atoms with Gasteiger partial charge < -0.3 is 10.2 Å². The van der Waals surface area contributed by atoms with Crippen LogP contribution >= 0.6 is 12.2 Å². The molecular weight excluding hydrogens is 196 g/mol. The maximum atomic E-state index is 11.1. The first-order valence-corrected chi connectivity index (χ1v) is 5.13. The van der Waals surface area contributed by atoms with Crippen molar-refractivity contribution >= 4 is 17.9 Å². The molecule has 78 valence electrons. The van der Waals surface area contributed by atoms with Crippen molar-refractivity contribution < 1.29 is 0 Å². The highest BCUT2D eigenvalue weighted by Crippen LogP contribution is 2.15. The average Bonchev–Trinajstić information content (AvgIpc) is 2.15. The lowest BCUT2D eigenvalue weighted by Crippen LogP contribution is -2.21. The zero-order chi connectivity index (χ0) is 10.7. The summed E-state index contributed by atoms with van der Waals surface area (Å²) in [6.45, 7) is 3.73. The molecule has 4 heteroatoms. The predicted octanol–water partition coefficient (Wildman–Crippen LogP) is 1.32. The Hall–Kier alpha value is -0.740. The highest BCUT2D eigenvalue weighted by atomic mass is 32.1. The Morgan fingerprint density at radius 3 is 2.57 bits per heavy atom. The van der Waals surface area contributed by atoms with Crippen LogP contribution in [0, 0.1) is 11.4 Å². The molecule has 3 nitrogen and oxygen atoms in total. The van der Waals surface area contributed by atoms with Gasteiger partial charge in [0.1, 0.15) is 4.51 Å². The summed E-state index contributed by atoms with van der Waals surface area (Å²) in [5.74, 6) is 0. The van der Waals surface area contributed by atoms with Crippen molar-refractivity contribution in [2.45, 2.75) is 13.3 Å². The average molecular weight is 212 g/mol. The van der Waals surface area contributed by atoms with Gasteiger partial charge in [-0.25, -0.2) is 0 Å². The Bertz CT molecular complexity index is 377. The summed E-state index contributed by atoms with van der Waals surface area (Å²) in [5.41, 5.74) is 1.68. The highest BCUT2D eigenvalue weighted by Gasteiger charge is 2.11. The maximum absolute atomic E-state index is 11.1. The second-order valence-electron chi connectivity index (χ2n) is 3.74. The molecule has 1 aromatic carbocycles. The lowest BCUT2D eigenvalue weighted by molar-refractivity contribution is 0.405. The Balaban J connectivity index is 2.34. The van der Waals surface area contributed by atoms with Gasteiger partial charge in [-0.2, -0.15) is 0 Å². The molecule has 0 heterocycles. The van der Waals surface area contributed by atoms with Gasteiger partial charge in [0.05, 0.1) is 5.69 Å². The van der Waals surface area contributed by atoms with Gasteiger partial charge in [0.15, 0.2) is 0 Å². The van der Waals surface area contributed by atoms with Gasteiger partial charge in [-0.15, -0.1) is 0 Å². The van der Waals surface area contributed by atoms with Gasteiger partial charge in [0.25, 0.3) is 0 Å². The minimum Gasteiger partial charge on any atom is -0.383 e. The van der Waals surface area contributed by atoms with E-state index in [2.05, 4.69) is 10.2 Å². The van der Waals surface area contributed by atoms with Crippen LogP contribution in [0.15, 0.2) is 4.79 Å². The summed E-state index contributed by atoms with van der Waals surface area (Å²) >= 11 is 4.93. The van der Waals surface area contributed by atoms with Crippen molar-refractivity contribution in [2.75, 3.05) is 32.5 Å². The van der Waals surface area contributed by atoms with E-state index in [1.54, 1.807) is 0 Å². The van der Waals surface area contributed by atoms with Crippen LogP contribution < -0.4 is 10.7 Å². The summed E-state index contributed by atoms with van der Waals surface area (Å²) in [5, 5.41) is 3.20. The van der Waals surface area contributed by atoms with Crippen LogP contribution in [0.4, 0.5) is 5.69 Å². The SMILES string of the molecule is Cc1c(NCCCN(C)C)c(=S)c1=O. The van der Waals surface area contributed by atoms with E-state index >= 15 is 0 Å². The molecule has 0 amide bonds. The van der Waals surface area contributed by atoms with Crippen LogP contribution in [0.3, 0.4) is 0 Å². The zero-order valence-corrected chi connectivity index (χ0v) is 9.70. The number of rotatable bonds is 5. The largest absolute Gasteiger partial charge is 0.383 e. The molecule has 0 spiro atoms. The third kappa shape index (κ3) is 2.39. The minimum absolute atomic E-state index is 0.0232. The predicted molar refractivity (Wildman–Crippen MR) is 62.3 cm³/mol. The third-order valence-electron chi connectivity index (χ3n) is 2.23. The van der Waals surface area contributed by atoms with Crippen molar-refractivity contribution in [1.82, 2.24) is 4.90 Å². The van der Waals surface area contributed by atoms with Crippen molar-refractivity contribution in [3.8, 4) is 0 Å². The van der Waals surface area contributed by atoms with E-state index in [1.807, 2.05) is 21.0 Å². The quantitative estimate of drug-likeness (QED) is 0.589. The highest BCUT2D eigenvalue weighted by molar-refractivity contribution is 7.71. The fraction of sp³-hybridized carbons (Fsp3) is 0.600. The van der Waals surface area contributed by atoms with Gasteiger partial charge in [-0.05, 0) is 34.0 Å². The molecule has 0 aromatic heterocycles. The smallest absolute Gasteiger partial charge is 0.203 e. The summed E-state index contributed by atoms with van der Waals surface area (Å²) < 4.78 is 0.465. The van der Waals surface area contributed by atoms with Crippen molar-refractivity contribution in [3.63, 3.8) is 0 Å². The molecule has 0 saturated carbocycles. The summed E-state index contributed by atoms with van der Waals surface area (Å²) in [4.78, 5) is 13.2. The van der Waals surface area contributed by atoms with Gasteiger partial charge in [0.2, 0.25) is 5.43 Å². The monoisotopic (exact) mass is 212 g/mol. The summed E-state index contributed by atoms with van der Waals surface area (Å²) in [6, 6.07) is 0. The third-order valence-corrected chi connectivity index (χ3v) is 2.62. The first kappa shape index (κ1) is 11.3. The summed E-state index contributed by atoms with van der Waals surface area (Å²) in [6.07, 6.45) is 1.06. The van der Waals surface area contributed by atoms with Crippen molar-refractivity contribution in [3.05, 3.63) is 20.3 Å². The van der Waals surface area contributed by atoms with Crippen LogP contribution in [-0.4, -0.2) is 32.1 Å². The minimum atomic E-state index is 0.0232. The Morgan fingerprint density at radius 2 is 2.07 bits per heavy atom. The Morgan fingerprint density at radius 1 is 1.43 bits per heavy atom. The molecule has 1 aromatic rings. The van der Waals surface area contributed by atoms with Gasteiger partial charge in [0, 0.05) is 12.1 Å². The first-order valence-electron chi connectivity index (χ1n) is 4.72. The molecule has 0 saturated heterocycles. The van der Waals surface area contributed by atoms with Gasteiger partial charge >= 0.3 is 0 Å². The molecule has 1 rings (SSSR count). The van der Waals surface area contributed by atoms with Crippen LogP contribution in [0.2, 0.25) is 0 Å². The standard InChI is InChI=1S/C10H16N2OS/c1-7-8(10(14)9(7)13)11-5-4-6-12(2)3/h11H,4-6H2,1-3H3. The van der Waals surface area contributed by atoms with E-state index in [1.165, 1.54) is 0 Å². The van der Waals surface area contributed by atoms with E-state index in [9.17, 15) is 4.79 Å². The van der Waals surface area contributed by atoms with E-state index in [4.69, 9.17) is 12.2 Å². The molecule has 0 fully saturated rings. The Kier molecular flexibility index (Phi) is 3.77. The van der Waals surface area contributed by atoms with E-state index in [0.29, 0.717) is 4.51 Å². The number of anilines is 1. The van der Waals surface area contributed by atoms with Gasteiger partial charge in [-0.3, -0.25) is 4.79 Å². The van der Waals surface area contributed by atoms with Crippen molar-refractivity contribution in [1.29, 1.82) is 0 Å². The molecule has 14 heavy (non-hydrogen) atoms. The number of hydrogen-bond acceptors (Lipinski definition) is 4. The fourth-order valence-corrected chi connectivity index (χ4v) is 1.71. The van der Waals surface area contributed by atoms with Crippen LogP contribution in [0.5, 0.6) is 0 Å².